The van der Waals surface area contributed by atoms with Crippen LogP contribution in [-0.2, 0) is 0 Å². The molecule has 2 bridgehead atoms. The Hall–Kier alpha value is -0.300. The maximum Gasteiger partial charge on any atom is 0.0131 e. The van der Waals surface area contributed by atoms with Crippen molar-refractivity contribution in [3.63, 3.8) is 0 Å². The summed E-state index contributed by atoms with van der Waals surface area (Å²) in [5.74, 6) is 3.72. The van der Waals surface area contributed by atoms with Crippen LogP contribution in [0.3, 0.4) is 0 Å². The molecule has 3 aliphatic rings. The van der Waals surface area contributed by atoms with Gasteiger partial charge in [-0.2, -0.15) is 0 Å². The molecule has 2 fully saturated rings. The number of fused-ring (bicyclic) bond motifs is 5. The van der Waals surface area contributed by atoms with Gasteiger partial charge in [0.15, 0.2) is 0 Å². The molecule has 2 N–H and O–H groups in total. The third kappa shape index (κ3) is 1.10. The molecular weight excluding hydrogens is 158 g/mol. The van der Waals surface area contributed by atoms with E-state index < -0.39 is 0 Å². The van der Waals surface area contributed by atoms with Gasteiger partial charge in [-0.15, -0.1) is 0 Å². The Labute approximate surface area is 80.4 Å². The summed E-state index contributed by atoms with van der Waals surface area (Å²) in [5, 5.41) is 0. The van der Waals surface area contributed by atoms with Crippen LogP contribution in [0, 0.1) is 23.7 Å². The maximum absolute atomic E-state index is 6.28. The molecule has 3 aliphatic carbocycles. The molecule has 0 amide bonds. The minimum atomic E-state index is 0.145. The molecule has 2 saturated carbocycles. The van der Waals surface area contributed by atoms with Crippen molar-refractivity contribution in [3.8, 4) is 0 Å². The molecule has 3 rings (SSSR count). The van der Waals surface area contributed by atoms with E-state index in [9.17, 15) is 0 Å². The predicted molar refractivity (Wildman–Crippen MR) is 54.2 cm³/mol. The lowest BCUT2D eigenvalue weighted by Crippen LogP contribution is -2.42. The monoisotopic (exact) mass is 177 g/mol. The minimum Gasteiger partial charge on any atom is -0.325 e. The molecule has 0 aromatic rings. The molecule has 72 valence electrons. The highest BCUT2D eigenvalue weighted by Gasteiger charge is 2.50. The van der Waals surface area contributed by atoms with E-state index in [4.69, 9.17) is 5.73 Å². The second-order valence-electron chi connectivity index (χ2n) is 5.72. The molecule has 0 spiro atoms. The number of nitrogens with two attached hydrogens (primary N) is 1. The van der Waals surface area contributed by atoms with Crippen LogP contribution >= 0.6 is 0 Å². The van der Waals surface area contributed by atoms with Gasteiger partial charge >= 0.3 is 0 Å². The van der Waals surface area contributed by atoms with Gasteiger partial charge in [0.2, 0.25) is 0 Å². The van der Waals surface area contributed by atoms with Crippen LogP contribution in [0.1, 0.15) is 32.6 Å². The van der Waals surface area contributed by atoms with Gasteiger partial charge in [-0.25, -0.2) is 0 Å². The van der Waals surface area contributed by atoms with E-state index in [1.165, 1.54) is 25.7 Å². The van der Waals surface area contributed by atoms with Crippen molar-refractivity contribution in [2.24, 2.45) is 29.4 Å². The topological polar surface area (TPSA) is 26.0 Å². The Morgan fingerprint density at radius 1 is 1.31 bits per heavy atom. The summed E-state index contributed by atoms with van der Waals surface area (Å²) in [6.45, 7) is 2.25. The first-order valence-corrected chi connectivity index (χ1v) is 5.61. The largest absolute Gasteiger partial charge is 0.325 e. The fourth-order valence-electron chi connectivity index (χ4n) is 4.16. The standard InChI is InChI=1S/C12H19N/c1-12(13)6-8-5-9(7-12)11-4-2-3-10(8)11/h2-3,8-11H,4-7,13H2,1H3. The molecule has 13 heavy (non-hydrogen) atoms. The normalized spacial score (nSPS) is 58.3. The van der Waals surface area contributed by atoms with E-state index >= 15 is 0 Å². The molecule has 0 heterocycles. The highest BCUT2D eigenvalue weighted by molar-refractivity contribution is 5.13. The Balaban J connectivity index is 1.90. The first-order valence-electron chi connectivity index (χ1n) is 5.61. The summed E-state index contributed by atoms with van der Waals surface area (Å²) in [6, 6.07) is 0. The van der Waals surface area contributed by atoms with Gasteiger partial charge in [-0.1, -0.05) is 12.2 Å². The van der Waals surface area contributed by atoms with Crippen LogP contribution in [0.2, 0.25) is 0 Å². The van der Waals surface area contributed by atoms with E-state index in [1.54, 1.807) is 0 Å². The first-order chi connectivity index (χ1) is 6.16. The molecule has 1 heteroatoms. The second-order valence-corrected chi connectivity index (χ2v) is 5.72. The molecule has 1 nitrogen and oxygen atoms in total. The van der Waals surface area contributed by atoms with Gasteiger partial charge in [0.05, 0.1) is 0 Å². The Bertz CT molecular complexity index is 254. The van der Waals surface area contributed by atoms with Crippen LogP contribution in [0.4, 0.5) is 0 Å². The van der Waals surface area contributed by atoms with Gasteiger partial charge < -0.3 is 5.73 Å². The van der Waals surface area contributed by atoms with Gasteiger partial charge in [0, 0.05) is 5.54 Å². The first kappa shape index (κ1) is 8.05. The fourth-order valence-corrected chi connectivity index (χ4v) is 4.16. The molecule has 5 unspecified atom stereocenters. The Kier molecular flexibility index (Phi) is 1.48. The molecule has 0 aromatic heterocycles. The third-order valence-corrected chi connectivity index (χ3v) is 4.47. The summed E-state index contributed by atoms with van der Waals surface area (Å²) in [5.41, 5.74) is 6.42. The lowest BCUT2D eigenvalue weighted by atomic mass is 9.75. The highest BCUT2D eigenvalue weighted by atomic mass is 14.8. The van der Waals surface area contributed by atoms with Crippen LogP contribution in [-0.4, -0.2) is 5.54 Å². The lowest BCUT2D eigenvalue weighted by Gasteiger charge is -2.35. The van der Waals surface area contributed by atoms with Crippen molar-refractivity contribution in [1.82, 2.24) is 0 Å². The molecule has 0 aromatic carbocycles. The lowest BCUT2D eigenvalue weighted by molar-refractivity contribution is 0.219. The molecule has 0 radical (unpaired) electrons. The SMILES string of the molecule is CC1(N)CC2CC(C1)C1CC=CC21. The minimum absolute atomic E-state index is 0.145. The number of rotatable bonds is 0. The van der Waals surface area contributed by atoms with Crippen molar-refractivity contribution in [2.75, 3.05) is 0 Å². The number of hydrogen-bond donors (Lipinski definition) is 1. The zero-order valence-electron chi connectivity index (χ0n) is 8.37. The number of hydrogen-bond acceptors (Lipinski definition) is 1. The van der Waals surface area contributed by atoms with Crippen molar-refractivity contribution in [1.29, 1.82) is 0 Å². The summed E-state index contributed by atoms with van der Waals surface area (Å²) in [6.07, 6.45) is 10.2. The highest BCUT2D eigenvalue weighted by Crippen LogP contribution is 2.55. The van der Waals surface area contributed by atoms with E-state index in [1.807, 2.05) is 0 Å². The fraction of sp³-hybridized carbons (Fsp3) is 0.833. The second kappa shape index (κ2) is 2.38. The van der Waals surface area contributed by atoms with E-state index in [0.717, 1.165) is 23.7 Å². The van der Waals surface area contributed by atoms with Crippen molar-refractivity contribution >= 4 is 0 Å². The molecular formula is C12H19N. The smallest absolute Gasteiger partial charge is 0.0131 e. The van der Waals surface area contributed by atoms with Crippen LogP contribution in [0.15, 0.2) is 12.2 Å². The Morgan fingerprint density at radius 3 is 2.92 bits per heavy atom. The molecule has 0 aliphatic heterocycles. The van der Waals surface area contributed by atoms with Crippen molar-refractivity contribution in [3.05, 3.63) is 12.2 Å². The van der Waals surface area contributed by atoms with Gasteiger partial charge in [-0.05, 0) is 56.3 Å². The van der Waals surface area contributed by atoms with Gasteiger partial charge in [0.25, 0.3) is 0 Å². The summed E-state index contributed by atoms with van der Waals surface area (Å²) in [4.78, 5) is 0. The van der Waals surface area contributed by atoms with E-state index in [0.29, 0.717) is 0 Å². The maximum atomic E-state index is 6.28. The average Bonchev–Trinajstić information content (AvgIpc) is 2.54. The molecule has 5 atom stereocenters. The van der Waals surface area contributed by atoms with Gasteiger partial charge in [-0.3, -0.25) is 0 Å². The third-order valence-electron chi connectivity index (χ3n) is 4.47. The van der Waals surface area contributed by atoms with E-state index in [2.05, 4.69) is 19.1 Å². The van der Waals surface area contributed by atoms with Crippen LogP contribution in [0.5, 0.6) is 0 Å². The molecule has 0 saturated heterocycles. The van der Waals surface area contributed by atoms with Gasteiger partial charge in [0.1, 0.15) is 0 Å². The van der Waals surface area contributed by atoms with Crippen molar-refractivity contribution < 1.29 is 0 Å². The predicted octanol–water partition coefficient (Wildman–Crippen LogP) is 2.33. The number of allylic oxidation sites excluding steroid dienone is 2. The van der Waals surface area contributed by atoms with Crippen molar-refractivity contribution in [2.45, 2.75) is 38.1 Å². The quantitative estimate of drug-likeness (QED) is 0.565. The zero-order chi connectivity index (χ0) is 9.05. The van der Waals surface area contributed by atoms with E-state index in [-0.39, 0.29) is 5.54 Å². The summed E-state index contributed by atoms with van der Waals surface area (Å²) >= 11 is 0. The Morgan fingerprint density at radius 2 is 2.08 bits per heavy atom. The summed E-state index contributed by atoms with van der Waals surface area (Å²) < 4.78 is 0. The van der Waals surface area contributed by atoms with Crippen LogP contribution < -0.4 is 5.73 Å². The average molecular weight is 177 g/mol. The zero-order valence-corrected chi connectivity index (χ0v) is 8.37. The van der Waals surface area contributed by atoms with Crippen LogP contribution in [0.25, 0.3) is 0 Å². The summed E-state index contributed by atoms with van der Waals surface area (Å²) in [7, 11) is 0.